The van der Waals surface area contributed by atoms with E-state index in [1.54, 1.807) is 0 Å². The number of aromatic nitrogens is 2. The van der Waals surface area contributed by atoms with Gasteiger partial charge in [-0.2, -0.15) is 0 Å². The Morgan fingerprint density at radius 2 is 2.00 bits per heavy atom. The fourth-order valence-electron chi connectivity index (χ4n) is 1.90. The van der Waals surface area contributed by atoms with Gasteiger partial charge in [0, 0.05) is 32.0 Å². The third-order valence-electron chi connectivity index (χ3n) is 2.98. The molecule has 92 valence electrons. The van der Waals surface area contributed by atoms with E-state index in [0.717, 1.165) is 38.3 Å². The van der Waals surface area contributed by atoms with Crippen LogP contribution in [0, 0.1) is 5.92 Å². The van der Waals surface area contributed by atoms with Gasteiger partial charge in [-0.05, 0) is 18.8 Å². The second-order valence-corrected chi connectivity index (χ2v) is 4.23. The zero-order valence-corrected chi connectivity index (χ0v) is 9.63. The maximum absolute atomic E-state index is 11.2. The summed E-state index contributed by atoms with van der Waals surface area (Å²) in [6, 6.07) is 0. The molecule has 1 aromatic heterocycles. The molecule has 0 saturated carbocycles. The van der Waals surface area contributed by atoms with E-state index in [0.29, 0.717) is 11.5 Å². The molecule has 1 aromatic rings. The van der Waals surface area contributed by atoms with E-state index in [2.05, 4.69) is 9.97 Å². The summed E-state index contributed by atoms with van der Waals surface area (Å²) in [4.78, 5) is 19.5. The molecule has 0 spiro atoms. The van der Waals surface area contributed by atoms with Crippen molar-refractivity contribution in [3.8, 4) is 0 Å². The second kappa shape index (κ2) is 5.84. The number of aliphatic hydroxyl groups excluding tert-OH is 1. The van der Waals surface area contributed by atoms with Gasteiger partial charge in [0.25, 0.3) is 0 Å². The van der Waals surface area contributed by atoms with Crippen molar-refractivity contribution in [1.82, 2.24) is 9.97 Å². The molecule has 5 nitrogen and oxygen atoms in total. The molecule has 1 fully saturated rings. The fraction of sp³-hybridized carbons (Fsp3) is 0.583. The topological polar surface area (TPSA) is 72.3 Å². The monoisotopic (exact) mass is 236 g/mol. The SMILES string of the molecule is O=C(CO)c1cnc(CC2CCOCC2)nc1. The predicted octanol–water partition coefficient (Wildman–Crippen LogP) is 0.621. The van der Waals surface area contributed by atoms with Gasteiger partial charge in [-0.1, -0.05) is 0 Å². The lowest BCUT2D eigenvalue weighted by atomic mass is 9.96. The molecule has 0 aliphatic carbocycles. The number of carbonyl (C=O) groups is 1. The van der Waals surface area contributed by atoms with E-state index < -0.39 is 6.61 Å². The van der Waals surface area contributed by atoms with Crippen LogP contribution in [0.15, 0.2) is 12.4 Å². The maximum Gasteiger partial charge on any atom is 0.191 e. The fourth-order valence-corrected chi connectivity index (χ4v) is 1.90. The molecule has 1 aliphatic rings. The average Bonchev–Trinajstić information content (AvgIpc) is 2.40. The lowest BCUT2D eigenvalue weighted by Crippen LogP contribution is -2.18. The second-order valence-electron chi connectivity index (χ2n) is 4.23. The zero-order chi connectivity index (χ0) is 12.1. The summed E-state index contributed by atoms with van der Waals surface area (Å²) in [7, 11) is 0. The Labute approximate surface area is 99.9 Å². The lowest BCUT2D eigenvalue weighted by molar-refractivity contribution is 0.0660. The number of ketones is 1. The Balaban J connectivity index is 1.95. The van der Waals surface area contributed by atoms with Gasteiger partial charge in [0.2, 0.25) is 0 Å². The largest absolute Gasteiger partial charge is 0.388 e. The Morgan fingerprint density at radius 1 is 1.35 bits per heavy atom. The molecule has 0 unspecified atom stereocenters. The van der Waals surface area contributed by atoms with Crippen molar-refractivity contribution >= 4 is 5.78 Å². The first kappa shape index (κ1) is 12.1. The molecule has 2 rings (SSSR count). The summed E-state index contributed by atoms with van der Waals surface area (Å²) >= 11 is 0. The van der Waals surface area contributed by atoms with Crippen LogP contribution >= 0.6 is 0 Å². The predicted molar refractivity (Wildman–Crippen MR) is 60.7 cm³/mol. The molecular formula is C12H16N2O3. The van der Waals surface area contributed by atoms with Gasteiger partial charge in [-0.15, -0.1) is 0 Å². The van der Waals surface area contributed by atoms with E-state index >= 15 is 0 Å². The number of aliphatic hydroxyl groups is 1. The highest BCUT2D eigenvalue weighted by Gasteiger charge is 2.15. The van der Waals surface area contributed by atoms with Crippen LogP contribution < -0.4 is 0 Å². The molecule has 0 atom stereocenters. The highest BCUT2D eigenvalue weighted by atomic mass is 16.5. The first-order valence-electron chi connectivity index (χ1n) is 5.82. The first-order valence-corrected chi connectivity index (χ1v) is 5.82. The van der Waals surface area contributed by atoms with Crippen molar-refractivity contribution < 1.29 is 14.6 Å². The maximum atomic E-state index is 11.2. The summed E-state index contributed by atoms with van der Waals surface area (Å²) in [5, 5.41) is 8.70. The van der Waals surface area contributed by atoms with Crippen LogP contribution in [-0.4, -0.2) is 40.7 Å². The van der Waals surface area contributed by atoms with Gasteiger partial charge >= 0.3 is 0 Å². The Hall–Kier alpha value is -1.33. The van der Waals surface area contributed by atoms with E-state index in [1.165, 1.54) is 12.4 Å². The van der Waals surface area contributed by atoms with Crippen molar-refractivity contribution in [2.75, 3.05) is 19.8 Å². The Kier molecular flexibility index (Phi) is 4.17. The van der Waals surface area contributed by atoms with E-state index in [1.807, 2.05) is 0 Å². The number of Topliss-reactive ketones (excluding diaryl/α,β-unsaturated/α-hetero) is 1. The lowest BCUT2D eigenvalue weighted by Gasteiger charge is -2.20. The molecular weight excluding hydrogens is 220 g/mol. The molecule has 17 heavy (non-hydrogen) atoms. The number of hydrogen-bond acceptors (Lipinski definition) is 5. The number of carbonyl (C=O) groups excluding carboxylic acids is 1. The van der Waals surface area contributed by atoms with Gasteiger partial charge in [0.15, 0.2) is 5.78 Å². The van der Waals surface area contributed by atoms with E-state index in [-0.39, 0.29) is 5.78 Å². The Morgan fingerprint density at radius 3 is 2.59 bits per heavy atom. The van der Waals surface area contributed by atoms with Gasteiger partial charge in [-0.3, -0.25) is 4.79 Å². The highest BCUT2D eigenvalue weighted by molar-refractivity contribution is 5.96. The van der Waals surface area contributed by atoms with E-state index in [9.17, 15) is 4.79 Å². The average molecular weight is 236 g/mol. The molecule has 2 heterocycles. The van der Waals surface area contributed by atoms with Crippen molar-refractivity contribution in [1.29, 1.82) is 0 Å². The number of nitrogens with zero attached hydrogens (tertiary/aromatic N) is 2. The normalized spacial score (nSPS) is 17.0. The summed E-state index contributed by atoms with van der Waals surface area (Å²) in [6.07, 6.45) is 5.89. The van der Waals surface area contributed by atoms with Crippen molar-refractivity contribution in [3.05, 3.63) is 23.8 Å². The third kappa shape index (κ3) is 3.31. The number of ether oxygens (including phenoxy) is 1. The van der Waals surface area contributed by atoms with Crippen molar-refractivity contribution in [3.63, 3.8) is 0 Å². The summed E-state index contributed by atoms with van der Waals surface area (Å²) in [6.45, 7) is 1.13. The standard InChI is InChI=1S/C12H16N2O3/c15-8-11(16)10-6-13-12(14-7-10)5-9-1-3-17-4-2-9/h6-7,9,15H,1-5,8H2. The minimum absolute atomic E-state index is 0.345. The van der Waals surface area contributed by atoms with Crippen LogP contribution in [0.2, 0.25) is 0 Å². The van der Waals surface area contributed by atoms with Gasteiger partial charge in [-0.25, -0.2) is 9.97 Å². The molecule has 5 heteroatoms. The van der Waals surface area contributed by atoms with Crippen LogP contribution in [0.3, 0.4) is 0 Å². The van der Waals surface area contributed by atoms with Gasteiger partial charge in [0.05, 0.1) is 5.56 Å². The number of hydrogen-bond donors (Lipinski definition) is 1. The molecule has 1 N–H and O–H groups in total. The van der Waals surface area contributed by atoms with Crippen LogP contribution in [0.25, 0.3) is 0 Å². The van der Waals surface area contributed by atoms with Crippen molar-refractivity contribution in [2.45, 2.75) is 19.3 Å². The van der Waals surface area contributed by atoms with E-state index in [4.69, 9.17) is 9.84 Å². The van der Waals surface area contributed by atoms with Crippen LogP contribution in [0.1, 0.15) is 29.0 Å². The molecule has 1 aliphatic heterocycles. The smallest absolute Gasteiger partial charge is 0.191 e. The highest BCUT2D eigenvalue weighted by Crippen LogP contribution is 2.18. The minimum atomic E-state index is -0.497. The zero-order valence-electron chi connectivity index (χ0n) is 9.63. The summed E-state index contributed by atoms with van der Waals surface area (Å²) in [5.74, 6) is 0.983. The molecule has 0 radical (unpaired) electrons. The minimum Gasteiger partial charge on any atom is -0.388 e. The molecule has 0 aromatic carbocycles. The van der Waals surface area contributed by atoms with Gasteiger partial charge < -0.3 is 9.84 Å². The molecule has 0 bridgehead atoms. The van der Waals surface area contributed by atoms with Crippen LogP contribution in [-0.2, 0) is 11.2 Å². The molecule has 0 amide bonds. The summed E-state index contributed by atoms with van der Waals surface area (Å²) < 4.78 is 5.29. The van der Waals surface area contributed by atoms with Crippen LogP contribution in [0.4, 0.5) is 0 Å². The molecule has 1 saturated heterocycles. The van der Waals surface area contributed by atoms with Gasteiger partial charge in [0.1, 0.15) is 12.4 Å². The number of rotatable bonds is 4. The third-order valence-corrected chi connectivity index (χ3v) is 2.98. The Bertz CT molecular complexity index is 372. The quantitative estimate of drug-likeness (QED) is 0.776. The summed E-state index contributed by atoms with van der Waals surface area (Å²) in [5.41, 5.74) is 0.364. The van der Waals surface area contributed by atoms with Crippen molar-refractivity contribution in [2.24, 2.45) is 5.92 Å². The van der Waals surface area contributed by atoms with Crippen LogP contribution in [0.5, 0.6) is 0 Å². The first-order chi connectivity index (χ1) is 8.29.